The first-order valence-corrected chi connectivity index (χ1v) is 6.07. The zero-order valence-electron chi connectivity index (χ0n) is 11.0. The fourth-order valence-corrected chi connectivity index (χ4v) is 1.80. The van der Waals surface area contributed by atoms with Crippen LogP contribution in [0.2, 0.25) is 0 Å². The molecule has 2 aromatic rings. The molecule has 0 amide bonds. The molecule has 2 heterocycles. The molecular formula is C13H17N3O3. The summed E-state index contributed by atoms with van der Waals surface area (Å²) in [6, 6.07) is 0. The Balaban J connectivity index is 1.82. The quantitative estimate of drug-likeness (QED) is 0.638. The van der Waals surface area contributed by atoms with Crippen molar-refractivity contribution in [2.24, 2.45) is 0 Å². The van der Waals surface area contributed by atoms with E-state index in [9.17, 15) is 4.79 Å². The van der Waals surface area contributed by atoms with E-state index < -0.39 is 5.97 Å². The van der Waals surface area contributed by atoms with Crippen LogP contribution < -0.4 is 5.32 Å². The third-order valence-electron chi connectivity index (χ3n) is 2.88. The lowest BCUT2D eigenvalue weighted by molar-refractivity contribution is 0.0601. The van der Waals surface area contributed by atoms with E-state index in [2.05, 4.69) is 19.6 Å². The second-order valence-electron chi connectivity index (χ2n) is 4.20. The summed E-state index contributed by atoms with van der Waals surface area (Å²) in [6.45, 7) is 3.64. The average molecular weight is 263 g/mol. The molecule has 0 aliphatic rings. The van der Waals surface area contributed by atoms with Gasteiger partial charge in [-0.3, -0.25) is 0 Å². The van der Waals surface area contributed by atoms with E-state index in [0.717, 1.165) is 25.2 Å². The van der Waals surface area contributed by atoms with Crippen LogP contribution in [-0.2, 0) is 11.3 Å². The van der Waals surface area contributed by atoms with Crippen molar-refractivity contribution in [3.63, 3.8) is 0 Å². The molecule has 0 radical (unpaired) electrons. The van der Waals surface area contributed by atoms with Crippen LogP contribution in [0.15, 0.2) is 29.5 Å². The molecule has 0 aliphatic carbocycles. The number of aryl methyl sites for hydroxylation is 2. The van der Waals surface area contributed by atoms with E-state index in [0.29, 0.717) is 11.3 Å². The Morgan fingerprint density at radius 1 is 1.53 bits per heavy atom. The molecule has 0 spiro atoms. The highest BCUT2D eigenvalue weighted by Gasteiger charge is 2.13. The van der Waals surface area contributed by atoms with Crippen molar-refractivity contribution < 1.29 is 13.9 Å². The lowest BCUT2D eigenvalue weighted by Gasteiger charge is -2.07. The second-order valence-corrected chi connectivity index (χ2v) is 4.20. The van der Waals surface area contributed by atoms with Gasteiger partial charge < -0.3 is 19.0 Å². The van der Waals surface area contributed by atoms with Crippen LogP contribution in [-0.4, -0.2) is 29.2 Å². The van der Waals surface area contributed by atoms with Gasteiger partial charge in [-0.1, -0.05) is 0 Å². The van der Waals surface area contributed by atoms with Crippen LogP contribution in [0.4, 0.5) is 5.69 Å². The Hall–Kier alpha value is -2.24. The van der Waals surface area contributed by atoms with E-state index in [4.69, 9.17) is 4.42 Å². The molecule has 0 saturated heterocycles. The summed E-state index contributed by atoms with van der Waals surface area (Å²) < 4.78 is 11.8. The maximum atomic E-state index is 11.4. The number of carbonyl (C=O) groups is 1. The standard InChI is InChI=1S/C13H17N3O3/c1-10-6-14-9-16(10)5-3-4-15-12-8-19-7-11(12)13(17)18-2/h6-9,15H,3-5H2,1-2H3. The number of esters is 1. The molecule has 0 saturated carbocycles. The number of aromatic nitrogens is 2. The Kier molecular flexibility index (Phi) is 4.22. The molecule has 6 heteroatoms. The highest BCUT2D eigenvalue weighted by atomic mass is 16.5. The number of hydrogen-bond donors (Lipinski definition) is 1. The Morgan fingerprint density at radius 2 is 2.37 bits per heavy atom. The monoisotopic (exact) mass is 263 g/mol. The SMILES string of the molecule is COC(=O)c1cocc1NCCCn1cncc1C. The summed E-state index contributed by atoms with van der Waals surface area (Å²) >= 11 is 0. The van der Waals surface area contributed by atoms with Crippen molar-refractivity contribution in [3.8, 4) is 0 Å². The summed E-state index contributed by atoms with van der Waals surface area (Å²) in [7, 11) is 1.35. The molecule has 1 N–H and O–H groups in total. The van der Waals surface area contributed by atoms with Gasteiger partial charge in [0.1, 0.15) is 18.1 Å². The number of hydrogen-bond acceptors (Lipinski definition) is 5. The van der Waals surface area contributed by atoms with Gasteiger partial charge in [-0.05, 0) is 13.3 Å². The molecule has 2 rings (SSSR count). The molecule has 0 aliphatic heterocycles. The van der Waals surface area contributed by atoms with Gasteiger partial charge in [0.15, 0.2) is 0 Å². The molecule has 0 bridgehead atoms. The number of nitrogens with one attached hydrogen (secondary N) is 1. The smallest absolute Gasteiger partial charge is 0.343 e. The minimum Gasteiger partial charge on any atom is -0.469 e. The number of rotatable bonds is 6. The summed E-state index contributed by atoms with van der Waals surface area (Å²) in [5.41, 5.74) is 2.22. The van der Waals surface area contributed by atoms with Crippen LogP contribution >= 0.6 is 0 Å². The molecule has 0 fully saturated rings. The van der Waals surface area contributed by atoms with E-state index in [1.165, 1.54) is 19.6 Å². The number of methoxy groups -OCH3 is 1. The van der Waals surface area contributed by atoms with Crippen molar-refractivity contribution in [1.29, 1.82) is 0 Å². The first-order valence-electron chi connectivity index (χ1n) is 6.07. The first kappa shape index (κ1) is 13.2. The molecule has 0 atom stereocenters. The molecule has 6 nitrogen and oxygen atoms in total. The van der Waals surface area contributed by atoms with Gasteiger partial charge in [-0.25, -0.2) is 9.78 Å². The topological polar surface area (TPSA) is 69.3 Å². The highest BCUT2D eigenvalue weighted by Crippen LogP contribution is 2.17. The molecule has 0 aromatic carbocycles. The number of imidazole rings is 1. The van der Waals surface area contributed by atoms with Gasteiger partial charge in [0, 0.05) is 25.0 Å². The van der Waals surface area contributed by atoms with Gasteiger partial charge in [0.25, 0.3) is 0 Å². The van der Waals surface area contributed by atoms with Gasteiger partial charge >= 0.3 is 5.97 Å². The lowest BCUT2D eigenvalue weighted by Crippen LogP contribution is -2.09. The highest BCUT2D eigenvalue weighted by molar-refractivity contribution is 5.95. The number of carbonyl (C=O) groups excluding carboxylic acids is 1. The van der Waals surface area contributed by atoms with Crippen LogP contribution in [0.3, 0.4) is 0 Å². The van der Waals surface area contributed by atoms with Gasteiger partial charge in [-0.15, -0.1) is 0 Å². The van der Waals surface area contributed by atoms with Gasteiger partial charge in [-0.2, -0.15) is 0 Å². The van der Waals surface area contributed by atoms with Crippen molar-refractivity contribution in [2.45, 2.75) is 19.9 Å². The maximum absolute atomic E-state index is 11.4. The fourth-order valence-electron chi connectivity index (χ4n) is 1.80. The maximum Gasteiger partial charge on any atom is 0.343 e. The van der Waals surface area contributed by atoms with Crippen molar-refractivity contribution in [3.05, 3.63) is 36.3 Å². The number of furan rings is 1. The summed E-state index contributed by atoms with van der Waals surface area (Å²) in [5.74, 6) is -0.401. The minimum atomic E-state index is -0.401. The van der Waals surface area contributed by atoms with E-state index in [-0.39, 0.29) is 0 Å². The van der Waals surface area contributed by atoms with Gasteiger partial charge in [0.2, 0.25) is 0 Å². The second kappa shape index (κ2) is 6.08. The van der Waals surface area contributed by atoms with Crippen molar-refractivity contribution >= 4 is 11.7 Å². The van der Waals surface area contributed by atoms with E-state index in [1.54, 1.807) is 0 Å². The molecule has 2 aromatic heterocycles. The van der Waals surface area contributed by atoms with Crippen LogP contribution in [0, 0.1) is 6.92 Å². The number of ether oxygens (including phenoxy) is 1. The Labute approximate surface area is 111 Å². The lowest BCUT2D eigenvalue weighted by atomic mass is 10.3. The molecule has 19 heavy (non-hydrogen) atoms. The minimum absolute atomic E-state index is 0.401. The van der Waals surface area contributed by atoms with Gasteiger partial charge in [0.05, 0.1) is 19.1 Å². The fraction of sp³-hybridized carbons (Fsp3) is 0.385. The third kappa shape index (κ3) is 3.15. The largest absolute Gasteiger partial charge is 0.469 e. The first-order chi connectivity index (χ1) is 9.22. The van der Waals surface area contributed by atoms with Crippen molar-refractivity contribution in [2.75, 3.05) is 19.0 Å². The Bertz CT molecular complexity index is 545. The van der Waals surface area contributed by atoms with E-state index in [1.807, 2.05) is 19.4 Å². The zero-order valence-corrected chi connectivity index (χ0v) is 11.0. The average Bonchev–Trinajstić information content (AvgIpc) is 3.03. The molecule has 0 unspecified atom stereocenters. The molecular weight excluding hydrogens is 246 g/mol. The summed E-state index contributed by atoms with van der Waals surface area (Å²) in [4.78, 5) is 15.5. The number of nitrogens with zero attached hydrogens (tertiary/aromatic N) is 2. The predicted molar refractivity (Wildman–Crippen MR) is 70.1 cm³/mol. The van der Waals surface area contributed by atoms with Crippen LogP contribution in [0.25, 0.3) is 0 Å². The zero-order chi connectivity index (χ0) is 13.7. The normalized spacial score (nSPS) is 10.4. The Morgan fingerprint density at radius 3 is 3.05 bits per heavy atom. The van der Waals surface area contributed by atoms with Crippen LogP contribution in [0.1, 0.15) is 22.5 Å². The van der Waals surface area contributed by atoms with Crippen molar-refractivity contribution in [1.82, 2.24) is 9.55 Å². The van der Waals surface area contributed by atoms with E-state index >= 15 is 0 Å². The summed E-state index contributed by atoms with van der Waals surface area (Å²) in [6.07, 6.45) is 7.46. The predicted octanol–water partition coefficient (Wildman–Crippen LogP) is 2.07. The number of anilines is 1. The van der Waals surface area contributed by atoms with Crippen LogP contribution in [0.5, 0.6) is 0 Å². The molecule has 102 valence electrons. The summed E-state index contributed by atoms with van der Waals surface area (Å²) in [5, 5.41) is 3.16. The third-order valence-corrected chi connectivity index (χ3v) is 2.88.